The van der Waals surface area contributed by atoms with Crippen molar-refractivity contribution < 1.29 is 32.3 Å². The predicted octanol–water partition coefficient (Wildman–Crippen LogP) is 1.94. The monoisotopic (exact) mass is 488 g/mol. The first-order valence-electron chi connectivity index (χ1n) is 10.9. The van der Waals surface area contributed by atoms with Crippen LogP contribution in [0.3, 0.4) is 0 Å². The zero-order chi connectivity index (χ0) is 24.7. The summed E-state index contributed by atoms with van der Waals surface area (Å²) in [4.78, 5) is 39.3. The van der Waals surface area contributed by atoms with Crippen LogP contribution in [0.1, 0.15) is 30.4 Å². The fourth-order valence-electron chi connectivity index (χ4n) is 3.70. The number of hydrogen-bond acceptors (Lipinski definition) is 7. The molecule has 1 saturated heterocycles. The Balaban J connectivity index is 1.75. The van der Waals surface area contributed by atoms with E-state index in [9.17, 15) is 22.8 Å². The molecule has 0 aliphatic carbocycles. The first kappa shape index (κ1) is 25.4. The summed E-state index contributed by atoms with van der Waals surface area (Å²) in [6, 6.07) is 12.9. The van der Waals surface area contributed by atoms with Crippen LogP contribution in [0, 0.1) is 6.92 Å². The maximum atomic E-state index is 13.3. The molecule has 0 aromatic heterocycles. The molecule has 1 aliphatic heterocycles. The molecule has 0 saturated carbocycles. The second-order valence-corrected chi connectivity index (χ2v) is 9.76. The number of sulfonamides is 1. The van der Waals surface area contributed by atoms with Gasteiger partial charge in [0, 0.05) is 6.54 Å². The van der Waals surface area contributed by atoms with Crippen molar-refractivity contribution >= 4 is 27.9 Å². The van der Waals surface area contributed by atoms with Crippen molar-refractivity contribution in [2.75, 3.05) is 13.7 Å². The number of nitrogens with one attached hydrogen (secondary N) is 1. The third-order valence-corrected chi connectivity index (χ3v) is 7.04. The summed E-state index contributed by atoms with van der Waals surface area (Å²) in [6.07, 6.45) is 0.421. The lowest BCUT2D eigenvalue weighted by molar-refractivity contribution is -0.155. The molecule has 1 amide bonds. The second-order valence-electron chi connectivity index (χ2n) is 8.05. The Kier molecular flexibility index (Phi) is 8.41. The third kappa shape index (κ3) is 6.42. The van der Waals surface area contributed by atoms with Crippen LogP contribution < -0.4 is 4.72 Å². The Morgan fingerprint density at radius 2 is 1.76 bits per heavy atom. The van der Waals surface area contributed by atoms with Crippen LogP contribution in [0.15, 0.2) is 59.5 Å². The molecule has 1 aliphatic rings. The average molecular weight is 489 g/mol. The lowest BCUT2D eigenvalue weighted by Crippen LogP contribution is -2.52. The smallest absolute Gasteiger partial charge is 0.329 e. The summed E-state index contributed by atoms with van der Waals surface area (Å²) in [5.74, 6) is -2.01. The van der Waals surface area contributed by atoms with Crippen molar-refractivity contribution in [2.45, 2.75) is 49.8 Å². The highest BCUT2D eigenvalue weighted by Gasteiger charge is 2.40. The van der Waals surface area contributed by atoms with Crippen molar-refractivity contribution in [3.8, 4) is 0 Å². The van der Waals surface area contributed by atoms with Crippen LogP contribution >= 0.6 is 0 Å². The van der Waals surface area contributed by atoms with Gasteiger partial charge in [0.15, 0.2) is 0 Å². The SMILES string of the molecule is COC(=O)C[C@H](NS(=O)(=O)c1ccc(C)cc1)C(=O)N1CCCC1C(=O)OCc1ccccc1. The lowest BCUT2D eigenvalue weighted by Gasteiger charge is -2.27. The van der Waals surface area contributed by atoms with E-state index in [0.717, 1.165) is 18.2 Å². The van der Waals surface area contributed by atoms with Gasteiger partial charge in [-0.25, -0.2) is 13.2 Å². The number of likely N-dealkylation sites (tertiary alicyclic amines) is 1. The van der Waals surface area contributed by atoms with E-state index in [1.165, 1.54) is 17.0 Å². The van der Waals surface area contributed by atoms with Gasteiger partial charge in [-0.15, -0.1) is 0 Å². The molecule has 182 valence electrons. The molecule has 2 aromatic rings. The van der Waals surface area contributed by atoms with Crippen molar-refractivity contribution in [2.24, 2.45) is 0 Å². The number of rotatable bonds is 9. The van der Waals surface area contributed by atoms with Crippen molar-refractivity contribution in [3.05, 3.63) is 65.7 Å². The van der Waals surface area contributed by atoms with Gasteiger partial charge in [0.2, 0.25) is 15.9 Å². The second kappa shape index (κ2) is 11.3. The summed E-state index contributed by atoms with van der Waals surface area (Å²) >= 11 is 0. The van der Waals surface area contributed by atoms with Crippen LogP contribution in [-0.4, -0.2) is 56.9 Å². The largest absolute Gasteiger partial charge is 0.469 e. The van der Waals surface area contributed by atoms with E-state index in [-0.39, 0.29) is 18.0 Å². The highest BCUT2D eigenvalue weighted by molar-refractivity contribution is 7.89. The first-order chi connectivity index (χ1) is 16.2. The van der Waals surface area contributed by atoms with Crippen LogP contribution in [0.25, 0.3) is 0 Å². The number of methoxy groups -OCH3 is 1. The maximum absolute atomic E-state index is 13.3. The van der Waals surface area contributed by atoms with Crippen LogP contribution in [0.2, 0.25) is 0 Å². The molecule has 0 bridgehead atoms. The Morgan fingerprint density at radius 1 is 1.09 bits per heavy atom. The molecule has 1 unspecified atom stereocenters. The van der Waals surface area contributed by atoms with Crippen molar-refractivity contribution in [1.82, 2.24) is 9.62 Å². The average Bonchev–Trinajstić information content (AvgIpc) is 3.32. The minimum atomic E-state index is -4.11. The Bertz CT molecular complexity index is 1120. The molecule has 34 heavy (non-hydrogen) atoms. The van der Waals surface area contributed by atoms with Gasteiger partial charge >= 0.3 is 11.9 Å². The van der Waals surface area contributed by atoms with Gasteiger partial charge in [0.05, 0.1) is 18.4 Å². The van der Waals surface area contributed by atoms with Crippen LogP contribution in [0.4, 0.5) is 0 Å². The molecule has 1 fully saturated rings. The molecule has 0 radical (unpaired) electrons. The zero-order valence-corrected chi connectivity index (χ0v) is 19.9. The molecule has 1 heterocycles. The fraction of sp³-hybridized carbons (Fsp3) is 0.375. The van der Waals surface area contributed by atoms with Crippen molar-refractivity contribution in [1.29, 1.82) is 0 Å². The fourth-order valence-corrected chi connectivity index (χ4v) is 4.89. The Hall–Kier alpha value is -3.24. The van der Waals surface area contributed by atoms with E-state index in [2.05, 4.69) is 9.46 Å². The van der Waals surface area contributed by atoms with Gasteiger partial charge in [-0.3, -0.25) is 9.59 Å². The topological polar surface area (TPSA) is 119 Å². The third-order valence-electron chi connectivity index (χ3n) is 5.56. The summed E-state index contributed by atoms with van der Waals surface area (Å²) in [5.41, 5.74) is 1.68. The van der Waals surface area contributed by atoms with Gasteiger partial charge in [-0.2, -0.15) is 4.72 Å². The molecular formula is C24H28N2O7S. The van der Waals surface area contributed by atoms with E-state index in [1.807, 2.05) is 37.3 Å². The predicted molar refractivity (Wildman–Crippen MR) is 123 cm³/mol. The molecular weight excluding hydrogens is 460 g/mol. The van der Waals surface area contributed by atoms with E-state index in [4.69, 9.17) is 4.74 Å². The minimum Gasteiger partial charge on any atom is -0.469 e. The summed E-state index contributed by atoms with van der Waals surface area (Å²) in [6.45, 7) is 2.12. The molecule has 3 rings (SSSR count). The van der Waals surface area contributed by atoms with Crippen LogP contribution in [-0.2, 0) is 40.5 Å². The highest BCUT2D eigenvalue weighted by atomic mass is 32.2. The number of carbonyl (C=O) groups is 3. The van der Waals surface area contributed by atoms with E-state index in [1.54, 1.807) is 12.1 Å². The van der Waals surface area contributed by atoms with Gasteiger partial charge in [-0.05, 0) is 37.5 Å². The van der Waals surface area contributed by atoms with Gasteiger partial charge in [0.1, 0.15) is 18.7 Å². The summed E-state index contributed by atoms with van der Waals surface area (Å²) in [5, 5.41) is 0. The number of carbonyl (C=O) groups excluding carboxylic acids is 3. The molecule has 2 aromatic carbocycles. The minimum absolute atomic E-state index is 0.0407. The summed E-state index contributed by atoms with van der Waals surface area (Å²) < 4.78 is 38.1. The number of esters is 2. The number of benzene rings is 2. The number of hydrogen-bond donors (Lipinski definition) is 1. The van der Waals surface area contributed by atoms with E-state index >= 15 is 0 Å². The van der Waals surface area contributed by atoms with Gasteiger partial charge in [-0.1, -0.05) is 48.0 Å². The number of ether oxygens (including phenoxy) is 2. The number of nitrogens with zero attached hydrogens (tertiary/aromatic N) is 1. The molecule has 2 atom stereocenters. The first-order valence-corrected chi connectivity index (χ1v) is 12.4. The highest BCUT2D eigenvalue weighted by Crippen LogP contribution is 2.22. The lowest BCUT2D eigenvalue weighted by atomic mass is 10.1. The quantitative estimate of drug-likeness (QED) is 0.536. The molecule has 1 N–H and O–H groups in total. The van der Waals surface area contributed by atoms with Crippen LogP contribution in [0.5, 0.6) is 0 Å². The van der Waals surface area contributed by atoms with E-state index in [0.29, 0.717) is 12.8 Å². The normalized spacial score (nSPS) is 16.6. The maximum Gasteiger partial charge on any atom is 0.329 e. The number of amides is 1. The zero-order valence-electron chi connectivity index (χ0n) is 19.1. The van der Waals surface area contributed by atoms with Gasteiger partial charge in [0.25, 0.3) is 0 Å². The van der Waals surface area contributed by atoms with Gasteiger partial charge < -0.3 is 14.4 Å². The van der Waals surface area contributed by atoms with E-state index < -0.39 is 46.4 Å². The Morgan fingerprint density at radius 3 is 2.41 bits per heavy atom. The molecule has 9 nitrogen and oxygen atoms in total. The van der Waals surface area contributed by atoms with Crippen molar-refractivity contribution in [3.63, 3.8) is 0 Å². The Labute approximate surface area is 199 Å². The molecule has 10 heteroatoms. The number of aryl methyl sites for hydroxylation is 1. The molecule has 0 spiro atoms. The summed E-state index contributed by atoms with van der Waals surface area (Å²) in [7, 11) is -2.96. The standard InChI is InChI=1S/C24H28N2O7S/c1-17-10-12-19(13-11-17)34(30,31)25-20(15-22(27)32-2)23(28)26-14-6-9-21(26)24(29)33-16-18-7-4-3-5-8-18/h3-5,7-8,10-13,20-21,25H,6,9,14-16H2,1-2H3/t20-,21?/m0/s1.